The van der Waals surface area contributed by atoms with Gasteiger partial charge in [-0.2, -0.15) is 0 Å². The first-order chi connectivity index (χ1) is 17.9. The Hall–Kier alpha value is -3.31. The molecule has 11 heteroatoms. The van der Waals surface area contributed by atoms with Gasteiger partial charge in [-0.25, -0.2) is 13.2 Å². The Balaban J connectivity index is 1.98. The molecule has 0 aromatic heterocycles. The zero-order valence-electron chi connectivity index (χ0n) is 22.8. The molecule has 38 heavy (non-hydrogen) atoms. The number of methoxy groups -OCH3 is 1. The van der Waals surface area contributed by atoms with Crippen LogP contribution in [0.3, 0.4) is 0 Å². The number of sulfonamides is 1. The van der Waals surface area contributed by atoms with E-state index >= 15 is 0 Å². The van der Waals surface area contributed by atoms with Gasteiger partial charge < -0.3 is 24.6 Å². The Morgan fingerprint density at radius 3 is 2.42 bits per heavy atom. The van der Waals surface area contributed by atoms with Crippen molar-refractivity contribution in [2.24, 2.45) is 5.92 Å². The molecule has 1 aliphatic rings. The molecule has 10 nitrogen and oxygen atoms in total. The highest BCUT2D eigenvalue weighted by Gasteiger charge is 2.30. The lowest BCUT2D eigenvalue weighted by molar-refractivity contribution is 0.0165. The number of carbonyl (C=O) groups is 2. The van der Waals surface area contributed by atoms with E-state index in [1.165, 1.54) is 24.3 Å². The molecule has 0 radical (unpaired) electrons. The standard InChI is InChI=1S/C27H38N4O6S/c1-18(2)28-27(33)31-15-19(3)25(36-6)16-30(5)26(32)23-13-12-21(14-24(23)37-17-20(31)4)29-38(34,35)22-10-8-7-9-11-22/h7-14,18-20,25,29H,15-17H2,1-6H3,(H,28,33)/t19-,20-,25-/m0/s1. The van der Waals surface area contributed by atoms with Gasteiger partial charge in [-0.15, -0.1) is 0 Å². The van der Waals surface area contributed by atoms with Gasteiger partial charge >= 0.3 is 6.03 Å². The molecule has 208 valence electrons. The predicted octanol–water partition coefficient (Wildman–Crippen LogP) is 3.41. The molecular formula is C27H38N4O6S. The minimum absolute atomic E-state index is 0.0461. The maximum Gasteiger partial charge on any atom is 0.317 e. The summed E-state index contributed by atoms with van der Waals surface area (Å²) in [5, 5.41) is 2.94. The van der Waals surface area contributed by atoms with Gasteiger partial charge in [0.05, 0.1) is 28.3 Å². The Morgan fingerprint density at radius 1 is 1.11 bits per heavy atom. The Morgan fingerprint density at radius 2 is 1.79 bits per heavy atom. The number of nitrogens with one attached hydrogen (secondary N) is 2. The quantitative estimate of drug-likeness (QED) is 0.594. The van der Waals surface area contributed by atoms with Crippen molar-refractivity contribution in [3.63, 3.8) is 0 Å². The van der Waals surface area contributed by atoms with Gasteiger partial charge in [0.2, 0.25) is 0 Å². The molecular weight excluding hydrogens is 508 g/mol. The molecule has 0 saturated carbocycles. The largest absolute Gasteiger partial charge is 0.491 e. The highest BCUT2D eigenvalue weighted by molar-refractivity contribution is 7.92. The SMILES string of the molecule is CO[C@H]1CN(C)C(=O)c2ccc(NS(=O)(=O)c3ccccc3)cc2OC[C@H](C)N(C(=O)NC(C)C)C[C@@H]1C. The fourth-order valence-electron chi connectivity index (χ4n) is 4.26. The third-order valence-electron chi connectivity index (χ3n) is 6.43. The number of nitrogens with zero attached hydrogens (tertiary/aromatic N) is 2. The Kier molecular flexibility index (Phi) is 9.61. The second kappa shape index (κ2) is 12.5. The molecule has 1 heterocycles. The molecule has 0 aliphatic carbocycles. The second-order valence-corrected chi connectivity index (χ2v) is 11.7. The van der Waals surface area contributed by atoms with Crippen LogP contribution in [0.5, 0.6) is 5.75 Å². The van der Waals surface area contributed by atoms with Crippen LogP contribution >= 0.6 is 0 Å². The smallest absolute Gasteiger partial charge is 0.317 e. The molecule has 2 aromatic carbocycles. The number of hydrogen-bond acceptors (Lipinski definition) is 6. The number of anilines is 1. The maximum atomic E-state index is 13.4. The Labute approximate surface area is 225 Å². The third-order valence-corrected chi connectivity index (χ3v) is 7.82. The zero-order chi connectivity index (χ0) is 28.0. The number of fused-ring (bicyclic) bond motifs is 1. The molecule has 0 spiro atoms. The number of urea groups is 1. The van der Waals surface area contributed by atoms with Crippen LogP contribution in [-0.2, 0) is 14.8 Å². The van der Waals surface area contributed by atoms with Crippen LogP contribution in [0.1, 0.15) is 38.1 Å². The van der Waals surface area contributed by atoms with Gasteiger partial charge in [-0.1, -0.05) is 25.1 Å². The number of amides is 3. The van der Waals surface area contributed by atoms with Crippen LogP contribution in [0, 0.1) is 5.92 Å². The summed E-state index contributed by atoms with van der Waals surface area (Å²) in [4.78, 5) is 29.8. The Bertz CT molecular complexity index is 1220. The maximum absolute atomic E-state index is 13.4. The van der Waals surface area contributed by atoms with E-state index in [4.69, 9.17) is 9.47 Å². The first kappa shape index (κ1) is 29.2. The van der Waals surface area contributed by atoms with Crippen LogP contribution in [0.15, 0.2) is 53.4 Å². The van der Waals surface area contributed by atoms with Crippen LogP contribution in [0.4, 0.5) is 10.5 Å². The number of likely N-dealkylation sites (N-methyl/N-ethyl adjacent to an activating group) is 1. The van der Waals surface area contributed by atoms with E-state index in [1.54, 1.807) is 48.2 Å². The van der Waals surface area contributed by atoms with Crippen molar-refractivity contribution in [2.45, 2.75) is 50.8 Å². The molecule has 3 rings (SSSR count). The summed E-state index contributed by atoms with van der Waals surface area (Å²) in [6.45, 7) is 8.43. The van der Waals surface area contributed by atoms with E-state index in [0.29, 0.717) is 13.1 Å². The lowest BCUT2D eigenvalue weighted by Gasteiger charge is -2.36. The highest BCUT2D eigenvalue weighted by Crippen LogP contribution is 2.28. The van der Waals surface area contributed by atoms with Crippen LogP contribution in [0.25, 0.3) is 0 Å². The monoisotopic (exact) mass is 546 g/mol. The average molecular weight is 547 g/mol. The molecule has 0 saturated heterocycles. The topological polar surface area (TPSA) is 117 Å². The number of hydrogen-bond donors (Lipinski definition) is 2. The van der Waals surface area contributed by atoms with Crippen molar-refractivity contribution in [3.05, 3.63) is 54.1 Å². The van der Waals surface area contributed by atoms with E-state index in [1.807, 2.05) is 27.7 Å². The number of benzene rings is 2. The summed E-state index contributed by atoms with van der Waals surface area (Å²) in [5.74, 6) is -0.132. The van der Waals surface area contributed by atoms with E-state index < -0.39 is 10.0 Å². The molecule has 0 bridgehead atoms. The fraction of sp³-hybridized carbons (Fsp3) is 0.481. The third kappa shape index (κ3) is 7.16. The summed E-state index contributed by atoms with van der Waals surface area (Å²) >= 11 is 0. The summed E-state index contributed by atoms with van der Waals surface area (Å²) in [5.41, 5.74) is 0.532. The lowest BCUT2D eigenvalue weighted by atomic mass is 10.0. The summed E-state index contributed by atoms with van der Waals surface area (Å²) in [7, 11) is -0.574. The number of carbonyl (C=O) groups excluding carboxylic acids is 2. The normalized spacial score (nSPS) is 21.1. The van der Waals surface area contributed by atoms with Crippen LogP contribution < -0.4 is 14.8 Å². The van der Waals surface area contributed by atoms with Crippen molar-refractivity contribution >= 4 is 27.6 Å². The molecule has 1 aliphatic heterocycles. The van der Waals surface area contributed by atoms with Crippen molar-refractivity contribution in [2.75, 3.05) is 38.6 Å². The molecule has 2 aromatic rings. The minimum atomic E-state index is -3.84. The number of rotatable bonds is 5. The highest BCUT2D eigenvalue weighted by atomic mass is 32.2. The van der Waals surface area contributed by atoms with Gasteiger partial charge in [0.25, 0.3) is 15.9 Å². The van der Waals surface area contributed by atoms with Crippen molar-refractivity contribution in [1.29, 1.82) is 0 Å². The fourth-order valence-corrected chi connectivity index (χ4v) is 5.33. The zero-order valence-corrected chi connectivity index (χ0v) is 23.6. The second-order valence-electron chi connectivity index (χ2n) is 9.98. The van der Waals surface area contributed by atoms with Crippen molar-refractivity contribution in [3.8, 4) is 5.75 Å². The molecule has 3 amide bonds. The van der Waals surface area contributed by atoms with E-state index in [2.05, 4.69) is 10.0 Å². The van der Waals surface area contributed by atoms with E-state index in [9.17, 15) is 18.0 Å². The number of ether oxygens (including phenoxy) is 2. The molecule has 0 fully saturated rings. The predicted molar refractivity (Wildman–Crippen MR) is 146 cm³/mol. The van der Waals surface area contributed by atoms with Gasteiger partial charge in [-0.3, -0.25) is 9.52 Å². The average Bonchev–Trinajstić information content (AvgIpc) is 2.87. The first-order valence-corrected chi connectivity index (χ1v) is 14.1. The molecule has 3 atom stereocenters. The van der Waals surface area contributed by atoms with Gasteiger partial charge in [0.15, 0.2) is 0 Å². The summed E-state index contributed by atoms with van der Waals surface area (Å²) in [6.07, 6.45) is -0.314. The van der Waals surface area contributed by atoms with Crippen LogP contribution in [0.2, 0.25) is 0 Å². The summed E-state index contributed by atoms with van der Waals surface area (Å²) in [6, 6.07) is 12.0. The van der Waals surface area contributed by atoms with Gasteiger partial charge in [0.1, 0.15) is 12.4 Å². The lowest BCUT2D eigenvalue weighted by Crippen LogP contribution is -2.52. The van der Waals surface area contributed by atoms with Gasteiger partial charge in [0, 0.05) is 45.3 Å². The first-order valence-electron chi connectivity index (χ1n) is 12.6. The molecule has 0 unspecified atom stereocenters. The van der Waals surface area contributed by atoms with Crippen LogP contribution in [-0.4, -0.2) is 82.2 Å². The summed E-state index contributed by atoms with van der Waals surface area (Å²) < 4.78 is 40.1. The van der Waals surface area contributed by atoms with Gasteiger partial charge in [-0.05, 0) is 45.0 Å². The minimum Gasteiger partial charge on any atom is -0.491 e. The van der Waals surface area contributed by atoms with Crippen molar-refractivity contribution < 1.29 is 27.5 Å². The van der Waals surface area contributed by atoms with Crippen molar-refractivity contribution in [1.82, 2.24) is 15.1 Å². The van der Waals surface area contributed by atoms with E-state index in [0.717, 1.165) is 0 Å². The molecule has 2 N–H and O–H groups in total. The van der Waals surface area contributed by atoms with E-state index in [-0.39, 0.29) is 64.5 Å².